The van der Waals surface area contributed by atoms with Crippen LogP contribution in [0, 0.1) is 6.58 Å². The summed E-state index contributed by atoms with van der Waals surface area (Å²) in [5, 5.41) is 0. The monoisotopic (exact) mass is 280 g/mol. The van der Waals surface area contributed by atoms with Gasteiger partial charge in [0.05, 0.1) is 0 Å². The van der Waals surface area contributed by atoms with Crippen molar-refractivity contribution in [3.63, 3.8) is 0 Å². The fourth-order valence-electron chi connectivity index (χ4n) is 0.877. The minimum absolute atomic E-state index is 0. The Morgan fingerprint density at radius 3 is 2.67 bits per heavy atom. The van der Waals surface area contributed by atoms with Gasteiger partial charge in [-0.1, -0.05) is 35.1 Å². The Labute approximate surface area is 105 Å². The molecule has 1 nitrogen and oxygen atoms in total. The molecule has 0 bridgehead atoms. The van der Waals surface area contributed by atoms with Crippen LogP contribution >= 0.6 is 17.4 Å². The number of hydrogen-bond donors (Lipinski definition) is 0. The summed E-state index contributed by atoms with van der Waals surface area (Å²) >= 11 is 0. The van der Waals surface area contributed by atoms with Crippen LogP contribution in [0.4, 0.5) is 0 Å². The molecule has 0 N–H and O–H groups in total. The Hall–Kier alpha value is 1.66. The molecule has 0 aliphatic carbocycles. The van der Waals surface area contributed by atoms with Gasteiger partial charge < -0.3 is 11.1 Å². The van der Waals surface area contributed by atoms with Crippen molar-refractivity contribution >= 4 is 17.4 Å². The molecule has 0 spiro atoms. The van der Waals surface area contributed by atoms with E-state index in [-0.39, 0.29) is 38.8 Å². The summed E-state index contributed by atoms with van der Waals surface area (Å²) in [7, 11) is 3.02. The van der Waals surface area contributed by atoms with Gasteiger partial charge in [0, 0.05) is 47.3 Å². The molecule has 0 heterocycles. The van der Waals surface area contributed by atoms with E-state index in [1.807, 2.05) is 0 Å². The third-order valence-electron chi connectivity index (χ3n) is 1.53. The van der Waals surface area contributed by atoms with Crippen LogP contribution in [0.2, 0.25) is 0 Å². The number of hydrogen-bond acceptors (Lipinski definition) is 1. The fraction of sp³-hybridized carbons (Fsp3) is 0.750. The third-order valence-corrected chi connectivity index (χ3v) is 2.37. The van der Waals surface area contributed by atoms with Gasteiger partial charge >= 0.3 is 0 Å². The van der Waals surface area contributed by atoms with E-state index >= 15 is 0 Å². The minimum Gasteiger partial charge on any atom is -0.515 e. The zero-order chi connectivity index (χ0) is 8.53. The molecule has 0 amide bonds. The predicted octanol–water partition coefficient (Wildman–Crippen LogP) is 3.32. The second kappa shape index (κ2) is 12.7. The maximum Gasteiger partial charge on any atom is 0.0483 e. The zero-order valence-corrected chi connectivity index (χ0v) is 12.6. The molecule has 69 valence electrons. The molecule has 0 aliphatic rings. The number of rotatable bonds is 7. The molecule has 4 heteroatoms. The topological polar surface area (TPSA) is 9.23 Å². The molecular weight excluding hydrogens is 263 g/mol. The Kier molecular flexibility index (Phi) is 17.0. The van der Waals surface area contributed by atoms with E-state index in [1.165, 1.54) is 19.3 Å². The SMILES string of the molecule is [CH-]=C[C@H](CCCCC)OPP.[Y]. The molecular formula is C8H17OP2Y-. The van der Waals surface area contributed by atoms with Crippen molar-refractivity contribution in [2.24, 2.45) is 0 Å². The zero-order valence-electron chi connectivity index (χ0n) is 7.62. The molecule has 0 saturated heterocycles. The molecule has 0 aromatic heterocycles. The van der Waals surface area contributed by atoms with E-state index < -0.39 is 0 Å². The Balaban J connectivity index is 0. The second-order valence-corrected chi connectivity index (χ2v) is 3.64. The van der Waals surface area contributed by atoms with Crippen molar-refractivity contribution in [1.29, 1.82) is 0 Å². The molecule has 2 unspecified atom stereocenters. The third kappa shape index (κ3) is 9.75. The van der Waals surface area contributed by atoms with Crippen LogP contribution in [0.15, 0.2) is 6.08 Å². The summed E-state index contributed by atoms with van der Waals surface area (Å²) in [6.07, 6.45) is 6.61. The van der Waals surface area contributed by atoms with Gasteiger partial charge in [0.25, 0.3) is 0 Å². The Bertz CT molecular complexity index is 101. The van der Waals surface area contributed by atoms with Crippen LogP contribution in [0.1, 0.15) is 32.6 Å². The van der Waals surface area contributed by atoms with E-state index in [1.54, 1.807) is 6.08 Å². The van der Waals surface area contributed by atoms with Gasteiger partial charge in [0.2, 0.25) is 0 Å². The van der Waals surface area contributed by atoms with Crippen LogP contribution in [-0.2, 0) is 37.2 Å². The molecule has 12 heavy (non-hydrogen) atoms. The summed E-state index contributed by atoms with van der Waals surface area (Å²) in [5.41, 5.74) is 0. The summed E-state index contributed by atoms with van der Waals surface area (Å²) in [6.45, 7) is 7.58. The maximum atomic E-state index is 5.39. The maximum absolute atomic E-state index is 5.39. The van der Waals surface area contributed by atoms with Crippen molar-refractivity contribution in [3.05, 3.63) is 12.7 Å². The van der Waals surface area contributed by atoms with Gasteiger partial charge in [-0.15, -0.1) is 0 Å². The van der Waals surface area contributed by atoms with Gasteiger partial charge in [0.1, 0.15) is 0 Å². The van der Waals surface area contributed by atoms with E-state index in [9.17, 15) is 0 Å². The van der Waals surface area contributed by atoms with E-state index in [0.717, 1.165) is 6.42 Å². The van der Waals surface area contributed by atoms with Gasteiger partial charge in [-0.05, 0) is 6.42 Å². The summed E-state index contributed by atoms with van der Waals surface area (Å²) in [4.78, 5) is 0. The predicted molar refractivity (Wildman–Crippen MR) is 55.9 cm³/mol. The van der Waals surface area contributed by atoms with Crippen molar-refractivity contribution in [2.45, 2.75) is 38.7 Å². The minimum atomic E-state index is 0. The Morgan fingerprint density at radius 1 is 1.58 bits per heavy atom. The largest absolute Gasteiger partial charge is 0.515 e. The van der Waals surface area contributed by atoms with Crippen LogP contribution in [-0.4, -0.2) is 6.10 Å². The van der Waals surface area contributed by atoms with Gasteiger partial charge in [-0.25, -0.2) is 6.08 Å². The first-order chi connectivity index (χ1) is 5.35. The van der Waals surface area contributed by atoms with E-state index in [0.29, 0.717) is 8.50 Å². The first-order valence-electron chi connectivity index (χ1n) is 4.01. The normalized spacial score (nSPS) is 12.8. The van der Waals surface area contributed by atoms with Crippen LogP contribution < -0.4 is 0 Å². The summed E-state index contributed by atoms with van der Waals surface area (Å²) < 4.78 is 5.35. The van der Waals surface area contributed by atoms with E-state index in [4.69, 9.17) is 11.1 Å². The average molecular weight is 280 g/mol. The van der Waals surface area contributed by atoms with Crippen LogP contribution in [0.3, 0.4) is 0 Å². The quantitative estimate of drug-likeness (QED) is 0.395. The van der Waals surface area contributed by atoms with Crippen molar-refractivity contribution < 1.29 is 37.2 Å². The molecule has 0 aromatic rings. The van der Waals surface area contributed by atoms with Crippen molar-refractivity contribution in [3.8, 4) is 0 Å². The first kappa shape index (κ1) is 16.1. The van der Waals surface area contributed by atoms with Crippen LogP contribution in [0.5, 0.6) is 0 Å². The van der Waals surface area contributed by atoms with Crippen LogP contribution in [0.25, 0.3) is 0 Å². The van der Waals surface area contributed by atoms with Crippen molar-refractivity contribution in [2.75, 3.05) is 0 Å². The first-order valence-corrected chi connectivity index (χ1v) is 6.73. The standard InChI is InChI=1S/C8H17OP2.Y/c1-3-5-6-7-8(4-2)9-11-10;/h2,4,8,11H,3,5-7,10H2,1H3;/q-1;/t8-;/m1./s1. The molecule has 1 radical (unpaired) electrons. The molecule has 0 aliphatic heterocycles. The average Bonchev–Trinajstić information content (AvgIpc) is 2.03. The summed E-state index contributed by atoms with van der Waals surface area (Å²) in [5.74, 6) is 0. The fourth-order valence-corrected chi connectivity index (χ4v) is 1.77. The number of unbranched alkanes of at least 4 members (excludes halogenated alkanes) is 2. The van der Waals surface area contributed by atoms with E-state index in [2.05, 4.69) is 15.9 Å². The smallest absolute Gasteiger partial charge is 0.0483 e. The summed E-state index contributed by atoms with van der Waals surface area (Å²) in [6, 6.07) is 0. The molecule has 0 fully saturated rings. The van der Waals surface area contributed by atoms with Gasteiger partial charge in [-0.3, -0.25) is 0 Å². The van der Waals surface area contributed by atoms with Crippen molar-refractivity contribution in [1.82, 2.24) is 0 Å². The second-order valence-electron chi connectivity index (χ2n) is 2.46. The molecule has 0 aromatic carbocycles. The molecule has 3 atom stereocenters. The molecule has 0 saturated carbocycles. The van der Waals surface area contributed by atoms with Gasteiger partial charge in [-0.2, -0.15) is 0 Å². The Morgan fingerprint density at radius 2 is 2.25 bits per heavy atom. The van der Waals surface area contributed by atoms with Gasteiger partial charge in [0.15, 0.2) is 0 Å². The molecule has 0 rings (SSSR count).